The fraction of sp³-hybridized carbons (Fsp3) is 0.440. The highest BCUT2D eigenvalue weighted by Crippen LogP contribution is 2.36. The van der Waals surface area contributed by atoms with Crippen LogP contribution in [0.4, 0.5) is 5.69 Å². The Balaban J connectivity index is 1.37. The third-order valence-corrected chi connectivity index (χ3v) is 8.64. The van der Waals surface area contributed by atoms with Crippen molar-refractivity contribution in [2.75, 3.05) is 25.0 Å². The van der Waals surface area contributed by atoms with Crippen LogP contribution in [0.3, 0.4) is 0 Å². The minimum Gasteiger partial charge on any atom is -0.479 e. The lowest BCUT2D eigenvalue weighted by Crippen LogP contribution is -2.43. The summed E-state index contributed by atoms with van der Waals surface area (Å²) in [6, 6.07) is 13.1. The van der Waals surface area contributed by atoms with E-state index >= 15 is 0 Å². The normalized spacial score (nSPS) is 20.1. The van der Waals surface area contributed by atoms with Crippen molar-refractivity contribution in [2.45, 2.75) is 50.5 Å². The molecule has 34 heavy (non-hydrogen) atoms. The third-order valence-electron chi connectivity index (χ3n) is 6.60. The number of hydrogen-bond acceptors (Lipinski definition) is 5. The first-order valence-corrected chi connectivity index (χ1v) is 13.1. The molecule has 2 aliphatic rings. The molecule has 2 aliphatic heterocycles. The maximum atomic E-state index is 13.4. The Bertz CT molecular complexity index is 1170. The molecule has 0 aliphatic carbocycles. The summed E-state index contributed by atoms with van der Waals surface area (Å²) in [4.78, 5) is 24.7. The predicted octanol–water partition coefficient (Wildman–Crippen LogP) is 3.04. The maximum Gasteiger partial charge on any atom is 0.265 e. The fourth-order valence-electron chi connectivity index (χ4n) is 4.42. The van der Waals surface area contributed by atoms with Crippen molar-refractivity contribution in [1.29, 1.82) is 0 Å². The van der Waals surface area contributed by atoms with Crippen LogP contribution in [0.2, 0.25) is 0 Å². The topological polar surface area (TPSA) is 105 Å². The molecule has 4 rings (SSSR count). The number of piperidine rings is 1. The Hall–Kier alpha value is -2.91. The number of carbonyl (C=O) groups is 2. The molecule has 2 aromatic rings. The van der Waals surface area contributed by atoms with Crippen LogP contribution < -0.4 is 15.4 Å². The minimum atomic E-state index is -3.76. The number of nitrogens with one attached hydrogen (secondary N) is 2. The summed E-state index contributed by atoms with van der Waals surface area (Å²) in [5, 5.41) is 5.77. The van der Waals surface area contributed by atoms with E-state index in [1.807, 2.05) is 30.3 Å². The number of carbonyl (C=O) groups excluding carboxylic acids is 2. The second-order valence-electron chi connectivity index (χ2n) is 9.10. The Morgan fingerprint density at radius 1 is 1.21 bits per heavy atom. The number of aryl methyl sites for hydroxylation is 1. The number of nitrogens with zero attached hydrogens (tertiary/aromatic N) is 1. The molecule has 8 nitrogen and oxygen atoms in total. The molecule has 182 valence electrons. The lowest BCUT2D eigenvalue weighted by atomic mass is 9.96. The van der Waals surface area contributed by atoms with Crippen LogP contribution in [0.1, 0.15) is 43.7 Å². The first-order valence-electron chi connectivity index (χ1n) is 11.6. The van der Waals surface area contributed by atoms with Crippen LogP contribution in [0.15, 0.2) is 47.4 Å². The van der Waals surface area contributed by atoms with Gasteiger partial charge in [-0.15, -0.1) is 0 Å². The molecule has 0 saturated carbocycles. The van der Waals surface area contributed by atoms with Crippen LogP contribution in [-0.4, -0.2) is 50.3 Å². The molecule has 9 heteroatoms. The first-order chi connectivity index (χ1) is 16.2. The van der Waals surface area contributed by atoms with E-state index in [1.54, 1.807) is 19.9 Å². The Kier molecular flexibility index (Phi) is 6.95. The Labute approximate surface area is 200 Å². The minimum absolute atomic E-state index is 0.0251. The van der Waals surface area contributed by atoms with E-state index in [0.29, 0.717) is 36.4 Å². The number of rotatable bonds is 6. The van der Waals surface area contributed by atoms with E-state index in [2.05, 4.69) is 17.6 Å². The van der Waals surface area contributed by atoms with Crippen molar-refractivity contribution in [3.05, 3.63) is 53.6 Å². The number of ether oxygens (including phenoxy) is 1. The largest absolute Gasteiger partial charge is 0.479 e. The molecule has 0 aromatic heterocycles. The standard InChI is InChI=1S/C25H31N3O5S/c1-16-13-21-22(33-18(3)24(29)27-21)14-23(16)34(31,32)28-11-9-20(10-12-28)25(30)26-15-17(2)19-7-5-4-6-8-19/h4-8,13-14,17-18,20H,9-12,15H2,1-3H3,(H,26,30)(H,27,29)/t17-,18+/m1/s1. The van der Waals surface area contributed by atoms with Gasteiger partial charge in [-0.2, -0.15) is 4.31 Å². The number of amides is 2. The van der Waals surface area contributed by atoms with Gasteiger partial charge in [-0.25, -0.2) is 8.42 Å². The Morgan fingerprint density at radius 3 is 2.56 bits per heavy atom. The highest BCUT2D eigenvalue weighted by Gasteiger charge is 2.34. The fourth-order valence-corrected chi connectivity index (χ4v) is 6.11. The molecule has 2 atom stereocenters. The lowest BCUT2D eigenvalue weighted by Gasteiger charge is -2.32. The van der Waals surface area contributed by atoms with Crippen LogP contribution >= 0.6 is 0 Å². The van der Waals surface area contributed by atoms with Crippen LogP contribution in [0.5, 0.6) is 5.75 Å². The molecule has 0 bridgehead atoms. The quantitative estimate of drug-likeness (QED) is 0.654. The van der Waals surface area contributed by atoms with Gasteiger partial charge in [0.1, 0.15) is 5.75 Å². The molecule has 2 heterocycles. The van der Waals surface area contributed by atoms with Crippen LogP contribution in [-0.2, 0) is 19.6 Å². The zero-order valence-electron chi connectivity index (χ0n) is 19.7. The van der Waals surface area contributed by atoms with Gasteiger partial charge >= 0.3 is 0 Å². The molecule has 0 spiro atoms. The summed E-state index contributed by atoms with van der Waals surface area (Å²) in [6.45, 7) is 6.48. The summed E-state index contributed by atoms with van der Waals surface area (Å²) >= 11 is 0. The maximum absolute atomic E-state index is 13.4. The van der Waals surface area contributed by atoms with Crippen LogP contribution in [0.25, 0.3) is 0 Å². The molecule has 2 amide bonds. The van der Waals surface area contributed by atoms with Gasteiger partial charge in [0.25, 0.3) is 5.91 Å². The molecule has 1 saturated heterocycles. The second-order valence-corrected chi connectivity index (χ2v) is 11.0. The molecule has 2 aromatic carbocycles. The summed E-state index contributed by atoms with van der Waals surface area (Å²) in [5.41, 5.74) is 2.17. The van der Waals surface area contributed by atoms with Gasteiger partial charge in [0.2, 0.25) is 15.9 Å². The Morgan fingerprint density at radius 2 is 1.88 bits per heavy atom. The van der Waals surface area contributed by atoms with E-state index in [4.69, 9.17) is 4.74 Å². The number of fused-ring (bicyclic) bond motifs is 1. The lowest BCUT2D eigenvalue weighted by molar-refractivity contribution is -0.126. The SMILES string of the molecule is Cc1cc2c(cc1S(=O)(=O)N1CCC(C(=O)NC[C@@H](C)c3ccccc3)CC1)O[C@@H](C)C(=O)N2. The summed E-state index contributed by atoms with van der Waals surface area (Å²) < 4.78 is 33.8. The molecule has 0 unspecified atom stereocenters. The molecule has 0 radical (unpaired) electrons. The number of hydrogen-bond donors (Lipinski definition) is 2. The van der Waals surface area contributed by atoms with Gasteiger partial charge in [0.15, 0.2) is 6.10 Å². The zero-order chi connectivity index (χ0) is 24.5. The average Bonchev–Trinajstić information content (AvgIpc) is 2.83. The van der Waals surface area contributed by atoms with Crippen LogP contribution in [0, 0.1) is 12.8 Å². The van der Waals surface area contributed by atoms with E-state index in [1.165, 1.54) is 15.9 Å². The van der Waals surface area contributed by atoms with Crippen molar-refractivity contribution < 1.29 is 22.7 Å². The van der Waals surface area contributed by atoms with Crippen molar-refractivity contribution in [1.82, 2.24) is 9.62 Å². The number of sulfonamides is 1. The number of benzene rings is 2. The second kappa shape index (κ2) is 9.76. The monoisotopic (exact) mass is 485 g/mol. The average molecular weight is 486 g/mol. The highest BCUT2D eigenvalue weighted by molar-refractivity contribution is 7.89. The van der Waals surface area contributed by atoms with Crippen molar-refractivity contribution in [3.8, 4) is 5.75 Å². The molecule has 2 N–H and O–H groups in total. The van der Waals surface area contributed by atoms with E-state index < -0.39 is 16.1 Å². The van der Waals surface area contributed by atoms with E-state index in [-0.39, 0.29) is 41.6 Å². The van der Waals surface area contributed by atoms with Gasteiger partial charge in [0, 0.05) is 31.6 Å². The van der Waals surface area contributed by atoms with Gasteiger partial charge in [0.05, 0.1) is 10.6 Å². The smallest absolute Gasteiger partial charge is 0.265 e. The molecular weight excluding hydrogens is 454 g/mol. The summed E-state index contributed by atoms with van der Waals surface area (Å²) in [6.07, 6.45) is 0.251. The zero-order valence-corrected chi connectivity index (χ0v) is 20.5. The van der Waals surface area contributed by atoms with Crippen molar-refractivity contribution >= 4 is 27.5 Å². The number of anilines is 1. The first kappa shape index (κ1) is 24.2. The van der Waals surface area contributed by atoms with Gasteiger partial charge in [-0.3, -0.25) is 9.59 Å². The molecular formula is C25H31N3O5S. The predicted molar refractivity (Wildman–Crippen MR) is 129 cm³/mol. The van der Waals surface area contributed by atoms with Gasteiger partial charge in [-0.1, -0.05) is 37.3 Å². The molecule has 1 fully saturated rings. The summed E-state index contributed by atoms with van der Waals surface area (Å²) in [7, 11) is -3.76. The highest BCUT2D eigenvalue weighted by atomic mass is 32.2. The van der Waals surface area contributed by atoms with E-state index in [0.717, 1.165) is 0 Å². The van der Waals surface area contributed by atoms with E-state index in [9.17, 15) is 18.0 Å². The van der Waals surface area contributed by atoms with Crippen molar-refractivity contribution in [3.63, 3.8) is 0 Å². The van der Waals surface area contributed by atoms with Crippen molar-refractivity contribution in [2.24, 2.45) is 5.92 Å². The third kappa shape index (κ3) is 4.95. The van der Waals surface area contributed by atoms with Gasteiger partial charge in [-0.05, 0) is 49.8 Å². The van der Waals surface area contributed by atoms with Gasteiger partial charge < -0.3 is 15.4 Å². The summed E-state index contributed by atoms with van der Waals surface area (Å²) in [5.74, 6) is 0.0489.